The Morgan fingerprint density at radius 1 is 1.31 bits per heavy atom. The van der Waals surface area contributed by atoms with Crippen LogP contribution in [0.4, 0.5) is 18.9 Å². The number of carbonyl (C=O) groups excluding carboxylic acids is 1. The van der Waals surface area contributed by atoms with Crippen molar-refractivity contribution in [2.45, 2.75) is 39.4 Å². The van der Waals surface area contributed by atoms with E-state index in [1.165, 1.54) is 31.2 Å². The number of nitrogens with zero attached hydrogens (tertiary/aromatic N) is 2. The molecular weight excluding hydrogens is 351 g/mol. The van der Waals surface area contributed by atoms with Gasteiger partial charge in [0.25, 0.3) is 0 Å². The van der Waals surface area contributed by atoms with Crippen LogP contribution in [0.3, 0.4) is 0 Å². The van der Waals surface area contributed by atoms with E-state index in [4.69, 9.17) is 5.11 Å². The number of alkyl halides is 3. The summed E-state index contributed by atoms with van der Waals surface area (Å²) in [4.78, 5) is 23.5. The molecule has 6 nitrogen and oxygen atoms in total. The highest BCUT2D eigenvalue weighted by atomic mass is 19.4. The lowest BCUT2D eigenvalue weighted by molar-refractivity contribution is -0.143. The van der Waals surface area contributed by atoms with Crippen molar-refractivity contribution in [1.29, 1.82) is 0 Å². The summed E-state index contributed by atoms with van der Waals surface area (Å²) in [7, 11) is 0. The summed E-state index contributed by atoms with van der Waals surface area (Å²) in [5.74, 6) is -2.36. The van der Waals surface area contributed by atoms with E-state index < -0.39 is 30.5 Å². The molecule has 9 heteroatoms. The summed E-state index contributed by atoms with van der Waals surface area (Å²) < 4.78 is 38.7. The first-order valence-corrected chi connectivity index (χ1v) is 7.74. The maximum absolute atomic E-state index is 12.6. The Labute approximate surface area is 147 Å². The van der Waals surface area contributed by atoms with Crippen LogP contribution >= 0.6 is 0 Å². The van der Waals surface area contributed by atoms with E-state index in [1.807, 2.05) is 0 Å². The van der Waals surface area contributed by atoms with Crippen molar-refractivity contribution in [2.24, 2.45) is 0 Å². The molecule has 2 aromatic rings. The van der Waals surface area contributed by atoms with Gasteiger partial charge in [0.15, 0.2) is 0 Å². The lowest BCUT2D eigenvalue weighted by Gasteiger charge is -2.14. The quantitative estimate of drug-likeness (QED) is 0.845. The second-order valence-corrected chi connectivity index (χ2v) is 5.95. The highest BCUT2D eigenvalue weighted by Gasteiger charge is 2.31. The molecule has 1 aromatic heterocycles. The lowest BCUT2D eigenvalue weighted by Crippen LogP contribution is -2.21. The van der Waals surface area contributed by atoms with Gasteiger partial charge in [0.2, 0.25) is 5.91 Å². The van der Waals surface area contributed by atoms with Gasteiger partial charge in [-0.1, -0.05) is 6.07 Å². The van der Waals surface area contributed by atoms with Crippen LogP contribution in [0.15, 0.2) is 24.3 Å². The summed E-state index contributed by atoms with van der Waals surface area (Å²) in [5.41, 5.74) is 1.33. The number of amides is 1. The van der Waals surface area contributed by atoms with Crippen molar-refractivity contribution >= 4 is 17.6 Å². The van der Waals surface area contributed by atoms with Crippen molar-refractivity contribution in [1.82, 2.24) is 9.78 Å². The zero-order chi connectivity index (χ0) is 19.6. The van der Waals surface area contributed by atoms with Gasteiger partial charge in [-0.05, 0) is 39.0 Å². The standard InChI is InChI=1S/C17H18F3N3O3/c1-9(14-10(2)22-23(11(14)3)8-17(18,19)20)15(24)21-13-6-4-5-12(7-13)16(25)26/h4-7,9H,8H2,1-3H3,(H,21,24)(H,25,26). The number of carbonyl (C=O) groups is 2. The van der Waals surface area contributed by atoms with Crippen molar-refractivity contribution in [3.05, 3.63) is 46.8 Å². The fourth-order valence-corrected chi connectivity index (χ4v) is 2.77. The molecule has 0 saturated heterocycles. The van der Waals surface area contributed by atoms with Gasteiger partial charge < -0.3 is 10.4 Å². The minimum absolute atomic E-state index is 0.0146. The molecule has 1 amide bonds. The van der Waals surface area contributed by atoms with Gasteiger partial charge in [-0.15, -0.1) is 0 Å². The van der Waals surface area contributed by atoms with Gasteiger partial charge in [0, 0.05) is 16.9 Å². The number of anilines is 1. The number of aromatic carboxylic acids is 1. The molecule has 1 unspecified atom stereocenters. The molecule has 1 atom stereocenters. The number of carboxylic acid groups (broad SMARTS) is 1. The zero-order valence-electron chi connectivity index (χ0n) is 14.4. The molecule has 26 heavy (non-hydrogen) atoms. The average Bonchev–Trinajstić information content (AvgIpc) is 2.79. The van der Waals surface area contributed by atoms with Gasteiger partial charge in [-0.3, -0.25) is 9.48 Å². The number of hydrogen-bond acceptors (Lipinski definition) is 3. The summed E-state index contributed by atoms with van der Waals surface area (Å²) >= 11 is 0. The second kappa shape index (κ2) is 7.19. The first kappa shape index (κ1) is 19.5. The molecule has 1 aromatic carbocycles. The minimum Gasteiger partial charge on any atom is -0.478 e. The van der Waals surface area contributed by atoms with E-state index in [9.17, 15) is 22.8 Å². The van der Waals surface area contributed by atoms with Gasteiger partial charge in [0.05, 0.1) is 17.2 Å². The van der Waals surface area contributed by atoms with Crippen molar-refractivity contribution in [3.63, 3.8) is 0 Å². The maximum Gasteiger partial charge on any atom is 0.408 e. The Kier molecular flexibility index (Phi) is 5.38. The van der Waals surface area contributed by atoms with E-state index in [0.29, 0.717) is 16.9 Å². The summed E-state index contributed by atoms with van der Waals surface area (Å²) in [6.45, 7) is 3.36. The summed E-state index contributed by atoms with van der Waals surface area (Å²) in [6, 6.07) is 5.71. The van der Waals surface area contributed by atoms with Crippen LogP contribution in [0.5, 0.6) is 0 Å². The van der Waals surface area contributed by atoms with E-state index in [0.717, 1.165) is 4.68 Å². The summed E-state index contributed by atoms with van der Waals surface area (Å²) in [5, 5.41) is 15.5. The van der Waals surface area contributed by atoms with E-state index >= 15 is 0 Å². The third-order valence-electron chi connectivity index (χ3n) is 3.97. The number of hydrogen-bond donors (Lipinski definition) is 2. The van der Waals surface area contributed by atoms with Crippen LogP contribution in [-0.4, -0.2) is 32.9 Å². The first-order valence-electron chi connectivity index (χ1n) is 7.74. The van der Waals surface area contributed by atoms with Crippen LogP contribution in [0, 0.1) is 13.8 Å². The lowest BCUT2D eigenvalue weighted by atomic mass is 9.98. The number of halogens is 3. The van der Waals surface area contributed by atoms with Gasteiger partial charge in [-0.25, -0.2) is 4.79 Å². The Bertz CT molecular complexity index is 844. The number of aryl methyl sites for hydroxylation is 1. The fourth-order valence-electron chi connectivity index (χ4n) is 2.77. The summed E-state index contributed by atoms with van der Waals surface area (Å²) in [6.07, 6.45) is -4.41. The molecular formula is C17H18F3N3O3. The second-order valence-electron chi connectivity index (χ2n) is 5.95. The number of nitrogens with one attached hydrogen (secondary N) is 1. The molecule has 140 valence electrons. The normalized spacial score (nSPS) is 12.7. The average molecular weight is 369 g/mol. The Morgan fingerprint density at radius 2 is 1.96 bits per heavy atom. The third kappa shape index (κ3) is 4.41. The van der Waals surface area contributed by atoms with E-state index in [1.54, 1.807) is 13.8 Å². The maximum atomic E-state index is 12.6. The van der Waals surface area contributed by atoms with Crippen molar-refractivity contribution in [2.75, 3.05) is 5.32 Å². The monoisotopic (exact) mass is 369 g/mol. The number of aromatic nitrogens is 2. The highest BCUT2D eigenvalue weighted by Crippen LogP contribution is 2.27. The smallest absolute Gasteiger partial charge is 0.408 e. The Hall–Kier alpha value is -2.84. The molecule has 0 aliphatic carbocycles. The molecule has 0 radical (unpaired) electrons. The molecule has 1 heterocycles. The SMILES string of the molecule is Cc1nn(CC(F)(F)F)c(C)c1C(C)C(=O)Nc1cccc(C(=O)O)c1. The van der Waals surface area contributed by atoms with E-state index in [2.05, 4.69) is 10.4 Å². The highest BCUT2D eigenvalue weighted by molar-refractivity contribution is 5.97. The molecule has 0 aliphatic heterocycles. The molecule has 2 rings (SSSR count). The van der Waals surface area contributed by atoms with Crippen LogP contribution in [0.25, 0.3) is 0 Å². The van der Waals surface area contributed by atoms with Crippen LogP contribution in [-0.2, 0) is 11.3 Å². The van der Waals surface area contributed by atoms with Crippen LogP contribution < -0.4 is 5.32 Å². The largest absolute Gasteiger partial charge is 0.478 e. The Balaban J connectivity index is 2.23. The Morgan fingerprint density at radius 3 is 2.54 bits per heavy atom. The van der Waals surface area contributed by atoms with Crippen LogP contribution in [0.1, 0.15) is 40.2 Å². The van der Waals surface area contributed by atoms with Gasteiger partial charge >= 0.3 is 12.1 Å². The number of carboxylic acids is 1. The zero-order valence-corrected chi connectivity index (χ0v) is 14.4. The molecule has 0 saturated carbocycles. The predicted molar refractivity (Wildman–Crippen MR) is 88.2 cm³/mol. The third-order valence-corrected chi connectivity index (χ3v) is 3.97. The van der Waals surface area contributed by atoms with Gasteiger partial charge in [-0.2, -0.15) is 18.3 Å². The molecule has 0 fully saturated rings. The molecule has 0 spiro atoms. The fraction of sp³-hybridized carbons (Fsp3) is 0.353. The van der Waals surface area contributed by atoms with Crippen molar-refractivity contribution < 1.29 is 27.9 Å². The van der Waals surface area contributed by atoms with Gasteiger partial charge in [0.1, 0.15) is 6.54 Å². The van der Waals surface area contributed by atoms with Crippen LogP contribution in [0.2, 0.25) is 0 Å². The minimum atomic E-state index is -4.41. The topological polar surface area (TPSA) is 84.2 Å². The van der Waals surface area contributed by atoms with E-state index in [-0.39, 0.29) is 11.3 Å². The van der Waals surface area contributed by atoms with Crippen molar-refractivity contribution in [3.8, 4) is 0 Å². The molecule has 2 N–H and O–H groups in total. The first-order chi connectivity index (χ1) is 12.0. The predicted octanol–water partition coefficient (Wildman–Crippen LogP) is 3.50. The number of rotatable bonds is 5. The molecule has 0 bridgehead atoms. The number of benzene rings is 1. The molecule has 0 aliphatic rings.